The molecule has 0 N–H and O–H groups in total. The number of rotatable bonds is 9. The van der Waals surface area contributed by atoms with Crippen LogP contribution in [0.4, 0.5) is 0 Å². The van der Waals surface area contributed by atoms with Crippen LogP contribution in [0.2, 0.25) is 0 Å². The predicted octanol–water partition coefficient (Wildman–Crippen LogP) is 2.85. The van der Waals surface area contributed by atoms with Crippen LogP contribution in [0.1, 0.15) is 22.3 Å². The molecule has 2 aromatic rings. The third-order valence-electron chi connectivity index (χ3n) is 5.58. The highest BCUT2D eigenvalue weighted by Gasteiger charge is 2.32. The minimum absolute atomic E-state index is 0.0775. The molecule has 0 spiro atoms. The maximum absolute atomic E-state index is 13.4. The van der Waals surface area contributed by atoms with Crippen molar-refractivity contribution in [1.29, 1.82) is 0 Å². The molecule has 1 unspecified atom stereocenters. The number of thioether (sulfide) groups is 1. The minimum Gasteiger partial charge on any atom is -0.497 e. The van der Waals surface area contributed by atoms with E-state index >= 15 is 0 Å². The van der Waals surface area contributed by atoms with Gasteiger partial charge >= 0.3 is 5.97 Å². The van der Waals surface area contributed by atoms with Gasteiger partial charge in [0.05, 0.1) is 38.9 Å². The van der Waals surface area contributed by atoms with E-state index in [1.165, 1.54) is 23.8 Å². The lowest BCUT2D eigenvalue weighted by Crippen LogP contribution is -2.40. The Bertz CT molecular complexity index is 1010. The number of carbonyl (C=O) groups is 3. The van der Waals surface area contributed by atoms with Gasteiger partial charge in [-0.2, -0.15) is 0 Å². The van der Waals surface area contributed by atoms with Gasteiger partial charge < -0.3 is 24.0 Å². The standard InChI is InChI=1S/C25H30N2O6S/c1-31-19-8-6-7-18(13-19)17-33-20-14-26(12-11-24(29)32-2)23(28)16-27(15-20)25(30)21-9-4-5-10-22(21)34-3/h4-10,13,20H,11-12,14-17H2,1-3H3. The van der Waals surface area contributed by atoms with Crippen molar-refractivity contribution in [3.63, 3.8) is 0 Å². The van der Waals surface area contributed by atoms with E-state index in [9.17, 15) is 14.4 Å². The maximum atomic E-state index is 13.4. The molecule has 1 saturated heterocycles. The van der Waals surface area contributed by atoms with Crippen molar-refractivity contribution in [1.82, 2.24) is 9.80 Å². The topological polar surface area (TPSA) is 85.4 Å². The third-order valence-corrected chi connectivity index (χ3v) is 6.38. The van der Waals surface area contributed by atoms with Crippen LogP contribution < -0.4 is 4.74 Å². The number of amides is 2. The molecule has 2 amide bonds. The van der Waals surface area contributed by atoms with Crippen molar-refractivity contribution >= 4 is 29.5 Å². The van der Waals surface area contributed by atoms with E-state index < -0.39 is 12.1 Å². The number of ether oxygens (including phenoxy) is 3. The van der Waals surface area contributed by atoms with Gasteiger partial charge in [0.15, 0.2) is 0 Å². The lowest BCUT2D eigenvalue weighted by atomic mass is 10.2. The van der Waals surface area contributed by atoms with Gasteiger partial charge in [0.2, 0.25) is 5.91 Å². The molecule has 0 aromatic heterocycles. The number of esters is 1. The first-order valence-corrected chi connectivity index (χ1v) is 12.2. The summed E-state index contributed by atoms with van der Waals surface area (Å²) < 4.78 is 16.2. The summed E-state index contributed by atoms with van der Waals surface area (Å²) in [6, 6.07) is 14.9. The molecule has 8 nitrogen and oxygen atoms in total. The number of hydrogen-bond acceptors (Lipinski definition) is 7. The van der Waals surface area contributed by atoms with Crippen molar-refractivity contribution in [3.8, 4) is 5.75 Å². The molecule has 0 bridgehead atoms. The van der Waals surface area contributed by atoms with E-state index in [4.69, 9.17) is 14.2 Å². The molecular formula is C25H30N2O6S. The van der Waals surface area contributed by atoms with E-state index in [1.807, 2.05) is 48.7 Å². The molecule has 1 aliphatic heterocycles. The molecule has 0 aliphatic carbocycles. The highest BCUT2D eigenvalue weighted by Crippen LogP contribution is 2.23. The number of hydrogen-bond donors (Lipinski definition) is 0. The van der Waals surface area contributed by atoms with E-state index in [1.54, 1.807) is 18.1 Å². The fourth-order valence-electron chi connectivity index (χ4n) is 3.75. The molecule has 1 fully saturated rings. The van der Waals surface area contributed by atoms with Gasteiger partial charge in [0, 0.05) is 24.5 Å². The summed E-state index contributed by atoms with van der Waals surface area (Å²) in [5.41, 5.74) is 1.47. The summed E-state index contributed by atoms with van der Waals surface area (Å²) >= 11 is 1.48. The summed E-state index contributed by atoms with van der Waals surface area (Å²) in [6.07, 6.45) is 1.56. The summed E-state index contributed by atoms with van der Waals surface area (Å²) in [4.78, 5) is 42.0. The van der Waals surface area contributed by atoms with Crippen LogP contribution in [0.15, 0.2) is 53.4 Å². The van der Waals surface area contributed by atoms with Crippen LogP contribution in [-0.2, 0) is 25.7 Å². The Hall–Kier alpha value is -3.04. The summed E-state index contributed by atoms with van der Waals surface area (Å²) in [5, 5.41) is 0. The summed E-state index contributed by atoms with van der Waals surface area (Å²) in [5.74, 6) is -0.121. The molecular weight excluding hydrogens is 456 g/mol. The smallest absolute Gasteiger partial charge is 0.307 e. The van der Waals surface area contributed by atoms with Crippen LogP contribution in [0.5, 0.6) is 5.75 Å². The van der Waals surface area contributed by atoms with Gasteiger partial charge in [-0.05, 0) is 36.1 Å². The first-order valence-electron chi connectivity index (χ1n) is 11.0. The molecule has 1 aliphatic rings. The van der Waals surface area contributed by atoms with Crippen molar-refractivity contribution in [2.45, 2.75) is 24.0 Å². The van der Waals surface area contributed by atoms with E-state index in [2.05, 4.69) is 0 Å². The second-order valence-corrected chi connectivity index (χ2v) is 8.68. The number of benzene rings is 2. The summed E-state index contributed by atoms with van der Waals surface area (Å²) in [6.45, 7) is 0.944. The Kier molecular flexibility index (Phi) is 9.35. The van der Waals surface area contributed by atoms with Gasteiger partial charge in [-0.3, -0.25) is 14.4 Å². The largest absolute Gasteiger partial charge is 0.497 e. The van der Waals surface area contributed by atoms with Gasteiger partial charge in [0.25, 0.3) is 5.91 Å². The SMILES string of the molecule is COC(=O)CCN1CC(OCc2cccc(OC)c2)CN(C(=O)c2ccccc2SC)CC1=O. The molecule has 182 valence electrons. The first kappa shape index (κ1) is 25.6. The van der Waals surface area contributed by atoms with E-state index in [0.717, 1.165) is 16.2 Å². The van der Waals surface area contributed by atoms with Crippen molar-refractivity contribution in [2.24, 2.45) is 0 Å². The normalized spacial score (nSPS) is 16.2. The molecule has 1 atom stereocenters. The van der Waals surface area contributed by atoms with Crippen molar-refractivity contribution < 1.29 is 28.6 Å². The van der Waals surface area contributed by atoms with E-state index in [0.29, 0.717) is 12.2 Å². The predicted molar refractivity (Wildman–Crippen MR) is 129 cm³/mol. The Balaban J connectivity index is 1.80. The average Bonchev–Trinajstić information content (AvgIpc) is 3.03. The van der Waals surface area contributed by atoms with Crippen LogP contribution in [0.3, 0.4) is 0 Å². The Morgan fingerprint density at radius 2 is 1.88 bits per heavy atom. The molecule has 3 rings (SSSR count). The van der Waals surface area contributed by atoms with Gasteiger partial charge in [-0.25, -0.2) is 0 Å². The Morgan fingerprint density at radius 3 is 2.62 bits per heavy atom. The monoisotopic (exact) mass is 486 g/mol. The zero-order valence-electron chi connectivity index (χ0n) is 19.7. The molecule has 0 radical (unpaired) electrons. The van der Waals surface area contributed by atoms with Crippen molar-refractivity contribution in [3.05, 3.63) is 59.7 Å². The molecule has 2 aromatic carbocycles. The second kappa shape index (κ2) is 12.4. The lowest BCUT2D eigenvalue weighted by molar-refractivity contribution is -0.142. The van der Waals surface area contributed by atoms with Gasteiger partial charge in [-0.1, -0.05) is 24.3 Å². The van der Waals surface area contributed by atoms with Crippen LogP contribution in [0.25, 0.3) is 0 Å². The van der Waals surface area contributed by atoms with Gasteiger partial charge in [0.1, 0.15) is 12.3 Å². The Labute approximate surface area is 204 Å². The molecule has 0 saturated carbocycles. The number of carbonyl (C=O) groups excluding carboxylic acids is 3. The molecule has 9 heteroatoms. The highest BCUT2D eigenvalue weighted by molar-refractivity contribution is 7.98. The third kappa shape index (κ3) is 6.74. The highest BCUT2D eigenvalue weighted by atomic mass is 32.2. The van der Waals surface area contributed by atoms with Crippen LogP contribution in [0, 0.1) is 0 Å². The molecule has 1 heterocycles. The zero-order chi connectivity index (χ0) is 24.5. The number of nitrogens with zero attached hydrogens (tertiary/aromatic N) is 2. The Morgan fingerprint density at radius 1 is 1.09 bits per heavy atom. The first-order chi connectivity index (χ1) is 16.4. The zero-order valence-corrected chi connectivity index (χ0v) is 20.5. The van der Waals surface area contributed by atoms with Crippen LogP contribution >= 0.6 is 11.8 Å². The average molecular weight is 487 g/mol. The summed E-state index contributed by atoms with van der Waals surface area (Å²) in [7, 11) is 2.92. The quantitative estimate of drug-likeness (QED) is 0.398. The van der Waals surface area contributed by atoms with Gasteiger partial charge in [-0.15, -0.1) is 11.8 Å². The van der Waals surface area contributed by atoms with Crippen LogP contribution in [-0.4, -0.2) is 80.3 Å². The maximum Gasteiger partial charge on any atom is 0.307 e. The minimum atomic E-state index is -0.430. The van der Waals surface area contributed by atoms with Crippen molar-refractivity contribution in [2.75, 3.05) is 46.7 Å². The fourth-order valence-corrected chi connectivity index (χ4v) is 4.34. The fraction of sp³-hybridized carbons (Fsp3) is 0.400. The second-order valence-electron chi connectivity index (χ2n) is 7.84. The number of methoxy groups -OCH3 is 2. The lowest BCUT2D eigenvalue weighted by Gasteiger charge is -2.25. The van der Waals surface area contributed by atoms with E-state index in [-0.39, 0.29) is 44.4 Å². The molecule has 34 heavy (non-hydrogen) atoms.